The third kappa shape index (κ3) is 3.49. The molecule has 2 N–H and O–H groups in total. The van der Waals surface area contributed by atoms with Gasteiger partial charge in [-0.15, -0.1) is 0 Å². The van der Waals surface area contributed by atoms with Crippen LogP contribution in [-0.2, 0) is 6.42 Å². The summed E-state index contributed by atoms with van der Waals surface area (Å²) in [6.07, 6.45) is 3.20. The van der Waals surface area contributed by atoms with Gasteiger partial charge in [0.15, 0.2) is 0 Å². The summed E-state index contributed by atoms with van der Waals surface area (Å²) < 4.78 is 7.04. The Hall–Kier alpha value is -0.540. The molecule has 3 heteroatoms. The average molecular weight is 286 g/mol. The van der Waals surface area contributed by atoms with Crippen LogP contribution in [0.2, 0.25) is 0 Å². The molecule has 0 aliphatic rings. The second kappa shape index (κ2) is 6.92. The number of hydrogen-bond acceptors (Lipinski definition) is 2. The third-order valence-electron chi connectivity index (χ3n) is 2.66. The molecule has 90 valence electrons. The van der Waals surface area contributed by atoms with Crippen LogP contribution < -0.4 is 10.5 Å². The summed E-state index contributed by atoms with van der Waals surface area (Å²) in [6.45, 7) is 4.94. The molecule has 1 rings (SSSR count). The average Bonchev–Trinajstić information content (AvgIpc) is 2.29. The van der Waals surface area contributed by atoms with E-state index in [-0.39, 0.29) is 6.10 Å². The Morgan fingerprint density at radius 1 is 1.31 bits per heavy atom. The Kier molecular flexibility index (Phi) is 5.85. The predicted molar refractivity (Wildman–Crippen MR) is 71.9 cm³/mol. The van der Waals surface area contributed by atoms with Crippen molar-refractivity contribution in [3.8, 4) is 5.75 Å². The lowest BCUT2D eigenvalue weighted by atomic mass is 10.1. The van der Waals surface area contributed by atoms with Crippen LogP contribution in [0.3, 0.4) is 0 Å². The van der Waals surface area contributed by atoms with Gasteiger partial charge in [0, 0.05) is 0 Å². The van der Waals surface area contributed by atoms with Crippen molar-refractivity contribution in [1.29, 1.82) is 0 Å². The lowest BCUT2D eigenvalue weighted by molar-refractivity contribution is 0.189. The van der Waals surface area contributed by atoms with Crippen LogP contribution >= 0.6 is 15.9 Å². The number of para-hydroxylation sites is 1. The van der Waals surface area contributed by atoms with Crippen molar-refractivity contribution >= 4 is 15.9 Å². The van der Waals surface area contributed by atoms with Gasteiger partial charge in [-0.1, -0.05) is 26.0 Å². The number of hydrogen-bond donors (Lipinski definition) is 1. The molecule has 2 nitrogen and oxygen atoms in total. The minimum absolute atomic E-state index is 0.287. The first-order valence-corrected chi connectivity index (χ1v) is 6.66. The first-order valence-electron chi connectivity index (χ1n) is 5.87. The first-order chi connectivity index (χ1) is 7.72. The van der Waals surface area contributed by atoms with Gasteiger partial charge in [0.25, 0.3) is 0 Å². The highest BCUT2D eigenvalue weighted by Gasteiger charge is 2.12. The molecule has 0 aliphatic carbocycles. The van der Waals surface area contributed by atoms with E-state index in [1.807, 2.05) is 12.1 Å². The zero-order valence-electron chi connectivity index (χ0n) is 10.0. The smallest absolute Gasteiger partial charge is 0.137 e. The summed E-state index contributed by atoms with van der Waals surface area (Å²) in [5, 5.41) is 0. The molecule has 0 bridgehead atoms. The molecule has 0 atom stereocenters. The van der Waals surface area contributed by atoms with Crippen molar-refractivity contribution in [2.24, 2.45) is 5.73 Å². The molecular formula is C13H20BrNO. The van der Waals surface area contributed by atoms with Gasteiger partial charge < -0.3 is 10.5 Å². The van der Waals surface area contributed by atoms with Crippen LogP contribution in [0.25, 0.3) is 0 Å². The molecular weight excluding hydrogens is 266 g/mol. The van der Waals surface area contributed by atoms with E-state index in [0.717, 1.165) is 29.5 Å². The summed E-state index contributed by atoms with van der Waals surface area (Å²) in [7, 11) is 0. The Morgan fingerprint density at radius 2 is 2.00 bits per heavy atom. The van der Waals surface area contributed by atoms with E-state index in [1.54, 1.807) is 0 Å². The minimum Gasteiger partial charge on any atom is -0.489 e. The van der Waals surface area contributed by atoms with Gasteiger partial charge in [0.1, 0.15) is 5.75 Å². The zero-order chi connectivity index (χ0) is 12.0. The largest absolute Gasteiger partial charge is 0.489 e. The normalized spacial score (nSPS) is 10.8. The van der Waals surface area contributed by atoms with Crippen LogP contribution in [0.5, 0.6) is 5.75 Å². The topological polar surface area (TPSA) is 35.2 Å². The van der Waals surface area contributed by atoms with E-state index in [1.165, 1.54) is 5.56 Å². The third-order valence-corrected chi connectivity index (χ3v) is 3.28. The molecule has 1 aromatic rings. The maximum atomic E-state index is 6.02. The van der Waals surface area contributed by atoms with Crippen LogP contribution in [0, 0.1) is 0 Å². The molecule has 0 heterocycles. The highest BCUT2D eigenvalue weighted by atomic mass is 79.9. The van der Waals surface area contributed by atoms with E-state index < -0.39 is 0 Å². The second-order valence-corrected chi connectivity index (χ2v) is 4.68. The molecule has 0 aromatic heterocycles. The van der Waals surface area contributed by atoms with Gasteiger partial charge in [0.05, 0.1) is 10.6 Å². The fourth-order valence-electron chi connectivity index (χ4n) is 1.66. The molecule has 0 amide bonds. The molecule has 16 heavy (non-hydrogen) atoms. The van der Waals surface area contributed by atoms with E-state index in [0.29, 0.717) is 6.54 Å². The van der Waals surface area contributed by atoms with Gasteiger partial charge in [-0.3, -0.25) is 0 Å². The molecule has 0 unspecified atom stereocenters. The lowest BCUT2D eigenvalue weighted by Crippen LogP contribution is -2.16. The summed E-state index contributed by atoms with van der Waals surface area (Å²) >= 11 is 3.54. The Labute approximate surface area is 106 Å². The number of benzene rings is 1. The van der Waals surface area contributed by atoms with Crippen LogP contribution in [0.15, 0.2) is 22.7 Å². The van der Waals surface area contributed by atoms with Crippen LogP contribution in [0.4, 0.5) is 0 Å². The van der Waals surface area contributed by atoms with Crippen molar-refractivity contribution in [2.75, 3.05) is 6.54 Å². The summed E-state index contributed by atoms with van der Waals surface area (Å²) in [5.41, 5.74) is 6.79. The zero-order valence-corrected chi connectivity index (χ0v) is 11.6. The van der Waals surface area contributed by atoms with Crippen LogP contribution in [0.1, 0.15) is 32.3 Å². The molecule has 0 aliphatic heterocycles. The summed E-state index contributed by atoms with van der Waals surface area (Å²) in [5.74, 6) is 0.960. The number of rotatable bonds is 6. The Bertz CT molecular complexity index is 324. The monoisotopic (exact) mass is 285 g/mol. The summed E-state index contributed by atoms with van der Waals surface area (Å²) in [6, 6.07) is 6.11. The molecule has 0 radical (unpaired) electrons. The predicted octanol–water partition coefficient (Wildman–Crippen LogP) is 3.52. The minimum atomic E-state index is 0.287. The van der Waals surface area contributed by atoms with Crippen molar-refractivity contribution in [3.63, 3.8) is 0 Å². The maximum absolute atomic E-state index is 6.02. The van der Waals surface area contributed by atoms with E-state index in [2.05, 4.69) is 35.8 Å². The standard InChI is InChI=1S/C13H20BrNO/c1-3-11(4-2)16-13-10(8-9-15)6-5-7-12(13)14/h5-7,11H,3-4,8-9,15H2,1-2H3. The number of nitrogens with two attached hydrogens (primary N) is 1. The van der Waals surface area contributed by atoms with Crippen molar-refractivity contribution in [2.45, 2.75) is 39.2 Å². The van der Waals surface area contributed by atoms with Crippen LogP contribution in [-0.4, -0.2) is 12.6 Å². The molecule has 0 spiro atoms. The molecule has 0 saturated carbocycles. The number of halogens is 1. The Morgan fingerprint density at radius 3 is 2.56 bits per heavy atom. The van der Waals surface area contributed by atoms with E-state index >= 15 is 0 Å². The lowest BCUT2D eigenvalue weighted by Gasteiger charge is -2.19. The fraction of sp³-hybridized carbons (Fsp3) is 0.538. The van der Waals surface area contributed by atoms with Crippen molar-refractivity contribution < 1.29 is 4.74 Å². The van der Waals surface area contributed by atoms with Gasteiger partial charge >= 0.3 is 0 Å². The first kappa shape index (κ1) is 13.5. The van der Waals surface area contributed by atoms with Gasteiger partial charge in [-0.05, 0) is 53.4 Å². The number of ether oxygens (including phenoxy) is 1. The van der Waals surface area contributed by atoms with Gasteiger partial charge in [-0.25, -0.2) is 0 Å². The van der Waals surface area contributed by atoms with Crippen molar-refractivity contribution in [1.82, 2.24) is 0 Å². The van der Waals surface area contributed by atoms with E-state index in [4.69, 9.17) is 10.5 Å². The highest BCUT2D eigenvalue weighted by Crippen LogP contribution is 2.31. The maximum Gasteiger partial charge on any atom is 0.137 e. The molecule has 1 aromatic carbocycles. The highest BCUT2D eigenvalue weighted by molar-refractivity contribution is 9.10. The second-order valence-electron chi connectivity index (χ2n) is 3.82. The SMILES string of the molecule is CCC(CC)Oc1c(Br)cccc1CCN. The summed E-state index contributed by atoms with van der Waals surface area (Å²) in [4.78, 5) is 0. The van der Waals surface area contributed by atoms with Gasteiger partial charge in [-0.2, -0.15) is 0 Å². The van der Waals surface area contributed by atoms with E-state index in [9.17, 15) is 0 Å². The molecule has 0 saturated heterocycles. The quantitative estimate of drug-likeness (QED) is 0.868. The fourth-order valence-corrected chi connectivity index (χ4v) is 2.16. The molecule has 0 fully saturated rings. The van der Waals surface area contributed by atoms with Crippen molar-refractivity contribution in [3.05, 3.63) is 28.2 Å². The Balaban J connectivity index is 2.91. The van der Waals surface area contributed by atoms with Gasteiger partial charge in [0.2, 0.25) is 0 Å².